The zero-order chi connectivity index (χ0) is 19.2. The molecule has 1 unspecified atom stereocenters. The highest BCUT2D eigenvalue weighted by atomic mass is 19.4. The number of hydrogen-bond acceptors (Lipinski definition) is 3. The molecule has 1 aromatic carbocycles. The Balaban J connectivity index is 2.64. The second-order valence-electron chi connectivity index (χ2n) is 6.01. The molecular weight excluding hydrogens is 352 g/mol. The molecule has 0 aliphatic carbocycles. The SMILES string of the molecule is COc1c([C@H]2C(C#N)O[C@@](C)(C(F)(F)F)[C@H]2C)cccc1C(F)(F)F. The van der Waals surface area contributed by atoms with Crippen LogP contribution < -0.4 is 4.74 Å². The molecule has 0 N–H and O–H groups in total. The molecule has 1 aliphatic rings. The molecule has 1 fully saturated rings. The van der Waals surface area contributed by atoms with Gasteiger partial charge in [0.05, 0.1) is 18.7 Å². The minimum atomic E-state index is -4.79. The predicted molar refractivity (Wildman–Crippen MR) is 74.8 cm³/mol. The van der Waals surface area contributed by atoms with Gasteiger partial charge in [-0.2, -0.15) is 31.6 Å². The molecule has 0 spiro atoms. The lowest BCUT2D eigenvalue weighted by molar-refractivity contribution is -0.270. The number of methoxy groups -OCH3 is 1. The Morgan fingerprint density at radius 3 is 2.24 bits per heavy atom. The van der Waals surface area contributed by atoms with E-state index in [9.17, 15) is 31.6 Å². The lowest BCUT2D eigenvalue weighted by Crippen LogP contribution is -2.46. The maximum atomic E-state index is 13.4. The van der Waals surface area contributed by atoms with Crippen LogP contribution in [-0.2, 0) is 10.9 Å². The van der Waals surface area contributed by atoms with Crippen LogP contribution >= 0.6 is 0 Å². The molecule has 1 aromatic rings. The average molecular weight is 367 g/mol. The van der Waals surface area contributed by atoms with Gasteiger partial charge >= 0.3 is 12.4 Å². The van der Waals surface area contributed by atoms with Gasteiger partial charge in [-0.3, -0.25) is 0 Å². The fourth-order valence-electron chi connectivity index (χ4n) is 3.18. The number of halogens is 6. The van der Waals surface area contributed by atoms with Crippen LogP contribution in [0.15, 0.2) is 18.2 Å². The van der Waals surface area contributed by atoms with Gasteiger partial charge in [-0.25, -0.2) is 0 Å². The van der Waals surface area contributed by atoms with E-state index in [2.05, 4.69) is 0 Å². The first-order valence-corrected chi connectivity index (χ1v) is 7.26. The van der Waals surface area contributed by atoms with Crippen LogP contribution in [0.1, 0.15) is 30.9 Å². The molecule has 0 radical (unpaired) electrons. The van der Waals surface area contributed by atoms with Crippen LogP contribution in [0.3, 0.4) is 0 Å². The Morgan fingerprint density at radius 2 is 1.80 bits per heavy atom. The standard InChI is InChI=1S/C16H15F6NO2/c1-8-12(11(7-23)25-14(8,2)16(20,21)22)9-5-4-6-10(13(9)24-3)15(17,18)19/h4-6,8,11-12H,1-3H3/t8-,11?,12-,14+/m0/s1. The Hall–Kier alpha value is -1.95. The highest BCUT2D eigenvalue weighted by molar-refractivity contribution is 5.47. The highest BCUT2D eigenvalue weighted by Crippen LogP contribution is 2.55. The van der Waals surface area contributed by atoms with Crippen molar-refractivity contribution in [1.82, 2.24) is 0 Å². The summed E-state index contributed by atoms with van der Waals surface area (Å²) in [7, 11) is 0.999. The van der Waals surface area contributed by atoms with E-state index in [1.807, 2.05) is 0 Å². The Bertz CT molecular complexity index is 693. The summed E-state index contributed by atoms with van der Waals surface area (Å²) in [6.07, 6.45) is -11.1. The second kappa shape index (κ2) is 6.09. The minimum Gasteiger partial charge on any atom is -0.496 e. The smallest absolute Gasteiger partial charge is 0.419 e. The topological polar surface area (TPSA) is 42.2 Å². The van der Waals surface area contributed by atoms with Crippen LogP contribution in [0, 0.1) is 17.2 Å². The fraction of sp³-hybridized carbons (Fsp3) is 0.562. The molecule has 0 amide bonds. The summed E-state index contributed by atoms with van der Waals surface area (Å²) in [6, 6.07) is 4.69. The fourth-order valence-corrected chi connectivity index (χ4v) is 3.18. The normalized spacial score (nSPS) is 30.2. The molecule has 1 aliphatic heterocycles. The second-order valence-corrected chi connectivity index (χ2v) is 6.01. The van der Waals surface area contributed by atoms with Gasteiger partial charge in [-0.05, 0) is 13.0 Å². The monoisotopic (exact) mass is 367 g/mol. The maximum absolute atomic E-state index is 13.4. The van der Waals surface area contributed by atoms with E-state index in [0.717, 1.165) is 26.2 Å². The quantitative estimate of drug-likeness (QED) is 0.713. The van der Waals surface area contributed by atoms with Crippen molar-refractivity contribution in [1.29, 1.82) is 5.26 Å². The van der Waals surface area contributed by atoms with Crippen LogP contribution in [0.5, 0.6) is 5.75 Å². The average Bonchev–Trinajstić information content (AvgIpc) is 2.77. The molecule has 0 saturated carbocycles. The molecule has 25 heavy (non-hydrogen) atoms. The van der Waals surface area contributed by atoms with E-state index in [1.165, 1.54) is 13.0 Å². The third-order valence-corrected chi connectivity index (χ3v) is 4.71. The van der Waals surface area contributed by atoms with E-state index in [4.69, 9.17) is 9.47 Å². The number of para-hydroxylation sites is 1. The van der Waals surface area contributed by atoms with Crippen molar-refractivity contribution in [2.75, 3.05) is 7.11 Å². The maximum Gasteiger partial charge on any atom is 0.419 e. The van der Waals surface area contributed by atoms with Gasteiger partial charge in [0, 0.05) is 17.4 Å². The number of alkyl halides is 6. The molecular formula is C16H15F6NO2. The summed E-state index contributed by atoms with van der Waals surface area (Å²) < 4.78 is 89.5. The van der Waals surface area contributed by atoms with Crippen LogP contribution in [0.2, 0.25) is 0 Å². The summed E-state index contributed by atoms with van der Waals surface area (Å²) in [4.78, 5) is 0. The highest BCUT2D eigenvalue weighted by Gasteiger charge is 2.64. The van der Waals surface area contributed by atoms with Crippen molar-refractivity contribution in [3.05, 3.63) is 29.3 Å². The first-order chi connectivity index (χ1) is 11.4. The molecule has 138 valence electrons. The van der Waals surface area contributed by atoms with Crippen molar-refractivity contribution in [2.45, 2.75) is 43.8 Å². The number of rotatable bonds is 2. The molecule has 0 bridgehead atoms. The predicted octanol–water partition coefficient (Wildman–Crippen LogP) is 4.68. The number of ether oxygens (including phenoxy) is 2. The van der Waals surface area contributed by atoms with Gasteiger partial charge < -0.3 is 9.47 Å². The first kappa shape index (κ1) is 19.4. The Morgan fingerprint density at radius 1 is 1.20 bits per heavy atom. The van der Waals surface area contributed by atoms with E-state index in [1.54, 1.807) is 6.07 Å². The number of nitriles is 1. The van der Waals surface area contributed by atoms with E-state index in [0.29, 0.717) is 0 Å². The molecule has 9 heteroatoms. The summed E-state index contributed by atoms with van der Waals surface area (Å²) in [5.41, 5.74) is -3.90. The van der Waals surface area contributed by atoms with Crippen LogP contribution in [-0.4, -0.2) is 25.0 Å². The van der Waals surface area contributed by atoms with Crippen molar-refractivity contribution in [2.24, 2.45) is 5.92 Å². The summed E-state index contributed by atoms with van der Waals surface area (Å²) >= 11 is 0. The van der Waals surface area contributed by atoms with Crippen molar-refractivity contribution >= 4 is 0 Å². The largest absolute Gasteiger partial charge is 0.496 e. The molecule has 0 aromatic heterocycles. The molecule has 4 atom stereocenters. The van der Waals surface area contributed by atoms with E-state index < -0.39 is 47.2 Å². The van der Waals surface area contributed by atoms with E-state index >= 15 is 0 Å². The van der Waals surface area contributed by atoms with Gasteiger partial charge in [0.15, 0.2) is 11.7 Å². The molecule has 1 saturated heterocycles. The zero-order valence-electron chi connectivity index (χ0n) is 13.5. The molecule has 3 nitrogen and oxygen atoms in total. The van der Waals surface area contributed by atoms with E-state index in [-0.39, 0.29) is 5.56 Å². The minimum absolute atomic E-state index is 0.135. The third-order valence-electron chi connectivity index (χ3n) is 4.71. The van der Waals surface area contributed by atoms with Gasteiger partial charge in [0.2, 0.25) is 0 Å². The molecule has 1 heterocycles. The van der Waals surface area contributed by atoms with Crippen molar-refractivity contribution in [3.8, 4) is 11.8 Å². The molecule has 2 rings (SSSR count). The summed E-state index contributed by atoms with van der Waals surface area (Å²) in [5.74, 6) is -3.12. The van der Waals surface area contributed by atoms with Gasteiger partial charge in [0.1, 0.15) is 5.75 Å². The van der Waals surface area contributed by atoms with Crippen LogP contribution in [0.4, 0.5) is 26.3 Å². The summed E-state index contributed by atoms with van der Waals surface area (Å²) in [6.45, 7) is 2.00. The lowest BCUT2D eigenvalue weighted by Gasteiger charge is -2.32. The van der Waals surface area contributed by atoms with Crippen molar-refractivity contribution < 1.29 is 35.8 Å². The number of nitrogens with zero attached hydrogens (tertiary/aromatic N) is 1. The van der Waals surface area contributed by atoms with Crippen molar-refractivity contribution in [3.63, 3.8) is 0 Å². The van der Waals surface area contributed by atoms with Gasteiger partial charge in [-0.1, -0.05) is 19.1 Å². The lowest BCUT2D eigenvalue weighted by atomic mass is 9.77. The Kier molecular flexibility index (Phi) is 4.72. The summed E-state index contributed by atoms with van der Waals surface area (Å²) in [5, 5.41) is 9.20. The van der Waals surface area contributed by atoms with Crippen LogP contribution in [0.25, 0.3) is 0 Å². The Labute approximate surface area is 140 Å². The first-order valence-electron chi connectivity index (χ1n) is 7.26. The third kappa shape index (κ3) is 3.03. The van der Waals surface area contributed by atoms with Gasteiger partial charge in [0.25, 0.3) is 0 Å². The number of benzene rings is 1. The zero-order valence-corrected chi connectivity index (χ0v) is 13.5. The number of hydrogen-bond donors (Lipinski definition) is 0. The van der Waals surface area contributed by atoms with Gasteiger partial charge in [-0.15, -0.1) is 0 Å².